The molecule has 0 saturated heterocycles. The van der Waals surface area contributed by atoms with E-state index in [1.807, 2.05) is 0 Å². The van der Waals surface area contributed by atoms with E-state index in [1.165, 1.54) is 0 Å². The summed E-state index contributed by atoms with van der Waals surface area (Å²) < 4.78 is 0. The number of H-pyrrole nitrogens is 2. The van der Waals surface area contributed by atoms with Crippen LogP contribution in [0.4, 0.5) is 0 Å². The molecule has 2 aromatic rings. The molecule has 2 aromatic heterocycles. The molecule has 0 radical (unpaired) electrons. The van der Waals surface area contributed by atoms with Crippen molar-refractivity contribution in [2.75, 3.05) is 0 Å². The molecule has 0 aliphatic heterocycles. The summed E-state index contributed by atoms with van der Waals surface area (Å²) >= 11 is 0. The molecule has 10 heteroatoms. The number of rotatable bonds is 1. The maximum Gasteiger partial charge on any atom is 1.00 e. The first-order chi connectivity index (χ1) is 4.97. The summed E-state index contributed by atoms with van der Waals surface area (Å²) in [4.78, 5) is 0. The molecule has 0 spiro atoms. The number of aromatic nitrogens is 8. The number of aromatic amines is 2. The summed E-state index contributed by atoms with van der Waals surface area (Å²) in [5.74, 6) is 0.655. The van der Waals surface area contributed by atoms with E-state index < -0.39 is 0 Å². The van der Waals surface area contributed by atoms with Crippen LogP contribution in [0.25, 0.3) is 11.6 Å². The van der Waals surface area contributed by atoms with Gasteiger partial charge in [-0.05, 0) is 10.4 Å². The quantitative estimate of drug-likeness (QED) is 0.426. The average molecular weight is 184 g/mol. The Hall–Kier alpha value is 0.140. The van der Waals surface area contributed by atoms with Gasteiger partial charge in [-0.1, -0.05) is 0 Å². The van der Waals surface area contributed by atoms with Gasteiger partial charge in [0.2, 0.25) is 11.6 Å². The Morgan fingerprint density at radius 1 is 0.750 bits per heavy atom. The molecule has 50 valence electrons. The van der Waals surface area contributed by atoms with Crippen LogP contribution in [0.5, 0.6) is 0 Å². The molecular formula is C2H2N8Na2+2. The van der Waals surface area contributed by atoms with Gasteiger partial charge in [-0.2, -0.15) is 10.4 Å². The molecule has 0 atom stereocenters. The van der Waals surface area contributed by atoms with Crippen LogP contribution in [-0.4, -0.2) is 41.2 Å². The standard InChI is InChI=1S/C2H2N8.2Na/c3-1(4-8-7-3)2-5-9-10-6-2;;/h(H,3,4,7,8)(H,5,6,9,10);;/q;2*+1. The van der Waals surface area contributed by atoms with Crippen LogP contribution in [-0.2, 0) is 0 Å². The van der Waals surface area contributed by atoms with Gasteiger partial charge in [0.1, 0.15) is 0 Å². The predicted octanol–water partition coefficient (Wildman–Crippen LogP) is -7.61. The van der Waals surface area contributed by atoms with Crippen LogP contribution in [0.2, 0.25) is 0 Å². The Balaban J connectivity index is 0.000000605. The average Bonchev–Trinajstić information content (AvgIpc) is 2.59. The number of nitrogens with zero attached hydrogens (tertiary/aromatic N) is 6. The maximum absolute atomic E-state index is 3.63. The van der Waals surface area contributed by atoms with Crippen molar-refractivity contribution in [1.29, 1.82) is 0 Å². The zero-order chi connectivity index (χ0) is 6.81. The first kappa shape index (κ1) is 12.1. The van der Waals surface area contributed by atoms with E-state index in [-0.39, 0.29) is 59.1 Å². The van der Waals surface area contributed by atoms with Crippen molar-refractivity contribution in [3.8, 4) is 11.6 Å². The predicted molar refractivity (Wildman–Crippen MR) is 27.3 cm³/mol. The molecule has 8 nitrogen and oxygen atoms in total. The largest absolute Gasteiger partial charge is 1.00 e. The number of hydrogen-bond donors (Lipinski definition) is 2. The Morgan fingerprint density at radius 2 is 1.17 bits per heavy atom. The third kappa shape index (κ3) is 2.57. The summed E-state index contributed by atoms with van der Waals surface area (Å²) in [6.07, 6.45) is 0. The van der Waals surface area contributed by atoms with Crippen molar-refractivity contribution in [2.45, 2.75) is 0 Å². The molecule has 0 amide bonds. The maximum atomic E-state index is 3.63. The first-order valence-corrected chi connectivity index (χ1v) is 2.44. The molecule has 2 heterocycles. The number of tetrazole rings is 2. The molecular weight excluding hydrogens is 182 g/mol. The minimum atomic E-state index is 0. The summed E-state index contributed by atoms with van der Waals surface area (Å²) in [5, 5.41) is 25.7. The molecule has 0 aromatic carbocycles. The van der Waals surface area contributed by atoms with E-state index in [4.69, 9.17) is 0 Å². The number of hydrogen-bond acceptors (Lipinski definition) is 6. The van der Waals surface area contributed by atoms with Crippen molar-refractivity contribution in [3.63, 3.8) is 0 Å². The smallest absolute Gasteiger partial charge is 0.177 e. The molecule has 0 saturated carbocycles. The second kappa shape index (κ2) is 5.73. The van der Waals surface area contributed by atoms with Crippen molar-refractivity contribution < 1.29 is 59.1 Å². The van der Waals surface area contributed by atoms with Gasteiger partial charge in [-0.3, -0.25) is 0 Å². The van der Waals surface area contributed by atoms with Gasteiger partial charge in [0.25, 0.3) is 0 Å². The van der Waals surface area contributed by atoms with Crippen LogP contribution in [0.1, 0.15) is 0 Å². The second-order valence-electron chi connectivity index (χ2n) is 1.47. The Morgan fingerprint density at radius 3 is 1.42 bits per heavy atom. The zero-order valence-electron chi connectivity index (χ0n) is 6.68. The first-order valence-electron chi connectivity index (χ1n) is 2.44. The molecule has 0 unspecified atom stereocenters. The van der Waals surface area contributed by atoms with Gasteiger partial charge in [-0.15, -0.1) is 20.4 Å². The van der Waals surface area contributed by atoms with E-state index >= 15 is 0 Å². The Kier molecular flexibility index (Phi) is 5.80. The van der Waals surface area contributed by atoms with Gasteiger partial charge >= 0.3 is 59.1 Å². The fourth-order valence-corrected chi connectivity index (χ4v) is 0.513. The van der Waals surface area contributed by atoms with Crippen molar-refractivity contribution >= 4 is 0 Å². The third-order valence-electron chi connectivity index (χ3n) is 0.891. The fraction of sp³-hybridized carbons (Fsp3) is 0. The van der Waals surface area contributed by atoms with Gasteiger partial charge in [0.15, 0.2) is 0 Å². The summed E-state index contributed by atoms with van der Waals surface area (Å²) in [6.45, 7) is 0. The summed E-state index contributed by atoms with van der Waals surface area (Å²) in [7, 11) is 0. The zero-order valence-corrected chi connectivity index (χ0v) is 10.7. The van der Waals surface area contributed by atoms with Crippen LogP contribution < -0.4 is 59.1 Å². The van der Waals surface area contributed by atoms with E-state index in [2.05, 4.69) is 41.2 Å². The van der Waals surface area contributed by atoms with Crippen molar-refractivity contribution in [1.82, 2.24) is 41.2 Å². The molecule has 0 aliphatic rings. The monoisotopic (exact) mass is 184 g/mol. The molecule has 0 bridgehead atoms. The van der Waals surface area contributed by atoms with E-state index in [9.17, 15) is 0 Å². The molecule has 12 heavy (non-hydrogen) atoms. The normalized spacial score (nSPS) is 8.33. The van der Waals surface area contributed by atoms with Crippen molar-refractivity contribution in [3.05, 3.63) is 0 Å². The molecule has 0 fully saturated rings. The van der Waals surface area contributed by atoms with Gasteiger partial charge in [0.05, 0.1) is 0 Å². The number of nitrogens with one attached hydrogen (secondary N) is 2. The minimum Gasteiger partial charge on any atom is -0.177 e. The Labute approximate surface area is 111 Å². The van der Waals surface area contributed by atoms with Crippen LogP contribution in [0, 0.1) is 0 Å². The SMILES string of the molecule is [Na+].[Na+].n1nc(-c2nn[nH]n2)n[nH]1. The third-order valence-corrected chi connectivity index (χ3v) is 0.891. The van der Waals surface area contributed by atoms with Gasteiger partial charge in [0, 0.05) is 0 Å². The van der Waals surface area contributed by atoms with Gasteiger partial charge in [-0.25, -0.2) is 0 Å². The summed E-state index contributed by atoms with van der Waals surface area (Å²) in [5.41, 5.74) is 0. The topological polar surface area (TPSA) is 109 Å². The molecule has 2 rings (SSSR count). The van der Waals surface area contributed by atoms with Crippen LogP contribution >= 0.6 is 0 Å². The second-order valence-corrected chi connectivity index (χ2v) is 1.47. The van der Waals surface area contributed by atoms with Gasteiger partial charge < -0.3 is 0 Å². The van der Waals surface area contributed by atoms with E-state index in [1.54, 1.807) is 0 Å². The molecule has 0 aliphatic carbocycles. The van der Waals surface area contributed by atoms with Crippen molar-refractivity contribution in [2.24, 2.45) is 0 Å². The summed E-state index contributed by atoms with van der Waals surface area (Å²) in [6, 6.07) is 0. The van der Waals surface area contributed by atoms with E-state index in [0.29, 0.717) is 11.6 Å². The van der Waals surface area contributed by atoms with E-state index in [0.717, 1.165) is 0 Å². The fourth-order valence-electron chi connectivity index (χ4n) is 0.513. The van der Waals surface area contributed by atoms with Crippen LogP contribution in [0.3, 0.4) is 0 Å². The van der Waals surface area contributed by atoms with Crippen LogP contribution in [0.15, 0.2) is 0 Å². The molecule has 2 N–H and O–H groups in total. The minimum absolute atomic E-state index is 0. The Bertz CT molecular complexity index is 254.